The molecule has 0 aliphatic heterocycles. The average molecular weight is 297 g/mol. The van der Waals surface area contributed by atoms with Crippen LogP contribution in [0.15, 0.2) is 48.5 Å². The molecule has 5 nitrogen and oxygen atoms in total. The molecule has 0 aromatic heterocycles. The minimum atomic E-state index is -0.711. The van der Waals surface area contributed by atoms with Crippen LogP contribution in [0.5, 0.6) is 0 Å². The molecule has 0 heterocycles. The standard InChI is InChI=1S/C17H19N3O2/c1-12-4-2-6-14(8-12)15-7-3-5-13(9-15)10-19-16(21)11-20-17(18)22/h2-9H,10-11H2,1H3,(H,19,21)(H3,18,20,22). The van der Waals surface area contributed by atoms with Gasteiger partial charge in [0.15, 0.2) is 0 Å². The minimum Gasteiger partial charge on any atom is -0.352 e. The van der Waals surface area contributed by atoms with E-state index in [9.17, 15) is 9.59 Å². The summed E-state index contributed by atoms with van der Waals surface area (Å²) in [5, 5.41) is 4.99. The fourth-order valence-corrected chi connectivity index (χ4v) is 2.12. The number of hydrogen-bond acceptors (Lipinski definition) is 2. The van der Waals surface area contributed by atoms with Gasteiger partial charge in [-0.15, -0.1) is 0 Å². The molecule has 0 aliphatic carbocycles. The van der Waals surface area contributed by atoms with Crippen LogP contribution in [0.2, 0.25) is 0 Å². The van der Waals surface area contributed by atoms with E-state index in [1.807, 2.05) is 30.3 Å². The summed E-state index contributed by atoms with van der Waals surface area (Å²) in [5.41, 5.74) is 9.35. The molecule has 114 valence electrons. The SMILES string of the molecule is Cc1cccc(-c2cccc(CNC(=O)CNC(N)=O)c2)c1. The van der Waals surface area contributed by atoms with Crippen molar-refractivity contribution in [3.63, 3.8) is 0 Å². The molecule has 0 radical (unpaired) electrons. The van der Waals surface area contributed by atoms with Crippen LogP contribution < -0.4 is 16.4 Å². The van der Waals surface area contributed by atoms with E-state index in [1.54, 1.807) is 0 Å². The summed E-state index contributed by atoms with van der Waals surface area (Å²) < 4.78 is 0. The Morgan fingerprint density at radius 3 is 2.36 bits per heavy atom. The number of nitrogens with one attached hydrogen (secondary N) is 2. The van der Waals surface area contributed by atoms with Crippen molar-refractivity contribution in [1.82, 2.24) is 10.6 Å². The summed E-state index contributed by atoms with van der Waals surface area (Å²) in [7, 11) is 0. The number of aryl methyl sites for hydroxylation is 1. The first-order valence-electron chi connectivity index (χ1n) is 7.00. The van der Waals surface area contributed by atoms with E-state index in [2.05, 4.69) is 35.8 Å². The highest BCUT2D eigenvalue weighted by molar-refractivity contribution is 5.83. The normalized spacial score (nSPS) is 10.0. The van der Waals surface area contributed by atoms with E-state index in [4.69, 9.17) is 5.73 Å². The summed E-state index contributed by atoms with van der Waals surface area (Å²) in [6, 6.07) is 15.5. The van der Waals surface area contributed by atoms with Gasteiger partial charge in [0.25, 0.3) is 0 Å². The van der Waals surface area contributed by atoms with Crippen LogP contribution in [0.4, 0.5) is 4.79 Å². The predicted molar refractivity (Wildman–Crippen MR) is 86.0 cm³/mol. The van der Waals surface area contributed by atoms with Crippen LogP contribution in [0.25, 0.3) is 11.1 Å². The third-order valence-electron chi connectivity index (χ3n) is 3.19. The van der Waals surface area contributed by atoms with Crippen molar-refractivity contribution in [1.29, 1.82) is 0 Å². The van der Waals surface area contributed by atoms with Crippen LogP contribution >= 0.6 is 0 Å². The first kappa shape index (κ1) is 15.6. The molecule has 4 N–H and O–H groups in total. The number of carbonyl (C=O) groups excluding carboxylic acids is 2. The lowest BCUT2D eigenvalue weighted by molar-refractivity contribution is -0.120. The number of nitrogens with two attached hydrogens (primary N) is 1. The molecule has 0 spiro atoms. The van der Waals surface area contributed by atoms with E-state index < -0.39 is 6.03 Å². The maximum Gasteiger partial charge on any atom is 0.312 e. The molecule has 0 unspecified atom stereocenters. The zero-order valence-corrected chi connectivity index (χ0v) is 12.4. The van der Waals surface area contributed by atoms with Gasteiger partial charge in [-0.2, -0.15) is 0 Å². The Bertz CT molecular complexity index is 683. The van der Waals surface area contributed by atoms with E-state index in [0.29, 0.717) is 6.54 Å². The van der Waals surface area contributed by atoms with E-state index in [0.717, 1.165) is 16.7 Å². The van der Waals surface area contributed by atoms with Crippen molar-refractivity contribution in [3.05, 3.63) is 59.7 Å². The molecule has 22 heavy (non-hydrogen) atoms. The number of hydrogen-bond donors (Lipinski definition) is 3. The second-order valence-corrected chi connectivity index (χ2v) is 5.06. The Kier molecular flexibility index (Phi) is 5.14. The van der Waals surface area contributed by atoms with E-state index >= 15 is 0 Å². The van der Waals surface area contributed by atoms with Crippen molar-refractivity contribution in [2.75, 3.05) is 6.54 Å². The van der Waals surface area contributed by atoms with Crippen molar-refractivity contribution >= 4 is 11.9 Å². The second-order valence-electron chi connectivity index (χ2n) is 5.06. The molecule has 5 heteroatoms. The van der Waals surface area contributed by atoms with Gasteiger partial charge in [-0.05, 0) is 29.7 Å². The Morgan fingerprint density at radius 2 is 1.68 bits per heavy atom. The molecule has 0 aliphatic rings. The number of rotatable bonds is 5. The number of amides is 3. The van der Waals surface area contributed by atoms with Gasteiger partial charge >= 0.3 is 6.03 Å². The Labute approximate surface area is 129 Å². The highest BCUT2D eigenvalue weighted by Crippen LogP contribution is 2.21. The van der Waals surface area contributed by atoms with Gasteiger partial charge < -0.3 is 16.4 Å². The van der Waals surface area contributed by atoms with Crippen LogP contribution in [-0.2, 0) is 11.3 Å². The van der Waals surface area contributed by atoms with Gasteiger partial charge in [0.2, 0.25) is 5.91 Å². The summed E-state index contributed by atoms with van der Waals surface area (Å²) in [4.78, 5) is 22.1. The minimum absolute atomic E-state index is 0.118. The van der Waals surface area contributed by atoms with Crippen molar-refractivity contribution in [2.24, 2.45) is 5.73 Å². The topological polar surface area (TPSA) is 84.2 Å². The smallest absolute Gasteiger partial charge is 0.312 e. The number of benzene rings is 2. The van der Waals surface area contributed by atoms with Crippen LogP contribution in [0.3, 0.4) is 0 Å². The van der Waals surface area contributed by atoms with Crippen LogP contribution in [-0.4, -0.2) is 18.5 Å². The summed E-state index contributed by atoms with van der Waals surface area (Å²) >= 11 is 0. The van der Waals surface area contributed by atoms with Gasteiger partial charge in [0, 0.05) is 6.54 Å². The zero-order valence-electron chi connectivity index (χ0n) is 12.4. The number of carbonyl (C=O) groups is 2. The third-order valence-corrected chi connectivity index (χ3v) is 3.19. The van der Waals surface area contributed by atoms with Crippen molar-refractivity contribution in [3.8, 4) is 11.1 Å². The summed E-state index contributed by atoms with van der Waals surface area (Å²) in [6.07, 6.45) is 0. The molecular weight excluding hydrogens is 278 g/mol. The molecule has 0 saturated heterocycles. The Morgan fingerprint density at radius 1 is 1.00 bits per heavy atom. The maximum atomic E-state index is 11.5. The lowest BCUT2D eigenvalue weighted by Crippen LogP contribution is -2.39. The summed E-state index contributed by atoms with van der Waals surface area (Å²) in [5.74, 6) is -0.278. The monoisotopic (exact) mass is 297 g/mol. The lowest BCUT2D eigenvalue weighted by Gasteiger charge is -2.08. The first-order valence-corrected chi connectivity index (χ1v) is 7.00. The fraction of sp³-hybridized carbons (Fsp3) is 0.176. The van der Waals surface area contributed by atoms with Gasteiger partial charge in [0.1, 0.15) is 0 Å². The van der Waals surface area contributed by atoms with Gasteiger partial charge in [-0.1, -0.05) is 48.0 Å². The van der Waals surface area contributed by atoms with Gasteiger partial charge in [-0.25, -0.2) is 4.79 Å². The molecule has 0 saturated carbocycles. The molecule has 0 bridgehead atoms. The molecule has 2 aromatic carbocycles. The summed E-state index contributed by atoms with van der Waals surface area (Å²) in [6.45, 7) is 2.34. The Hall–Kier alpha value is -2.82. The number of primary amides is 1. The fourth-order valence-electron chi connectivity index (χ4n) is 2.12. The molecular formula is C17H19N3O2. The van der Waals surface area contributed by atoms with Crippen molar-refractivity contribution < 1.29 is 9.59 Å². The van der Waals surface area contributed by atoms with Gasteiger partial charge in [0.05, 0.1) is 6.54 Å². The number of urea groups is 1. The molecule has 2 aromatic rings. The molecule has 3 amide bonds. The average Bonchev–Trinajstić information content (AvgIpc) is 2.51. The lowest BCUT2D eigenvalue weighted by atomic mass is 10.0. The highest BCUT2D eigenvalue weighted by Gasteiger charge is 2.04. The molecule has 0 fully saturated rings. The van der Waals surface area contributed by atoms with Crippen LogP contribution in [0.1, 0.15) is 11.1 Å². The molecule has 2 rings (SSSR count). The van der Waals surface area contributed by atoms with Gasteiger partial charge in [-0.3, -0.25) is 4.79 Å². The van der Waals surface area contributed by atoms with E-state index in [-0.39, 0.29) is 12.5 Å². The highest BCUT2D eigenvalue weighted by atomic mass is 16.2. The Balaban J connectivity index is 2.00. The largest absolute Gasteiger partial charge is 0.352 e. The zero-order chi connectivity index (χ0) is 15.9. The second kappa shape index (κ2) is 7.26. The maximum absolute atomic E-state index is 11.5. The first-order chi connectivity index (χ1) is 10.5. The van der Waals surface area contributed by atoms with Crippen molar-refractivity contribution in [2.45, 2.75) is 13.5 Å². The van der Waals surface area contributed by atoms with Crippen LogP contribution in [0, 0.1) is 6.92 Å². The molecule has 0 atom stereocenters. The van der Waals surface area contributed by atoms with E-state index in [1.165, 1.54) is 5.56 Å². The third kappa shape index (κ3) is 4.63. The predicted octanol–water partition coefficient (Wildman–Crippen LogP) is 1.95. The quantitative estimate of drug-likeness (QED) is 0.788.